The quantitative estimate of drug-likeness (QED) is 0.324. The average Bonchev–Trinajstić information content (AvgIpc) is 3.20. The van der Waals surface area contributed by atoms with Gasteiger partial charge in [0.25, 0.3) is 0 Å². The van der Waals surface area contributed by atoms with Crippen molar-refractivity contribution in [3.63, 3.8) is 0 Å². The lowest BCUT2D eigenvalue weighted by molar-refractivity contribution is 0.180. The van der Waals surface area contributed by atoms with Gasteiger partial charge in [0.15, 0.2) is 0 Å². The molecule has 5 aromatic rings. The molecule has 1 N–H and O–H groups in total. The Hall–Kier alpha value is -3.08. The Balaban J connectivity index is 1.40. The van der Waals surface area contributed by atoms with E-state index in [1.165, 1.54) is 10.9 Å². The minimum atomic E-state index is -0.449. The maximum atomic E-state index is 10.8. The van der Waals surface area contributed by atoms with Gasteiger partial charge in [-0.15, -0.1) is 11.8 Å². The molecule has 2 heterocycles. The highest BCUT2D eigenvalue weighted by Gasteiger charge is 2.12. The van der Waals surface area contributed by atoms with Crippen molar-refractivity contribution in [3.8, 4) is 11.3 Å². The van der Waals surface area contributed by atoms with Crippen LogP contribution in [0.3, 0.4) is 0 Å². The number of fused-ring (bicyclic) bond motifs is 2. The van der Waals surface area contributed by atoms with E-state index in [4.69, 9.17) is 4.98 Å². The lowest BCUT2D eigenvalue weighted by atomic mass is 10.1. The van der Waals surface area contributed by atoms with Crippen LogP contribution in [0, 0.1) is 6.92 Å². The largest absolute Gasteiger partial charge is 0.390 e. The van der Waals surface area contributed by atoms with Crippen molar-refractivity contribution >= 4 is 33.6 Å². The molecule has 154 valence electrons. The van der Waals surface area contributed by atoms with Crippen LogP contribution in [0.25, 0.3) is 33.1 Å². The molecule has 0 spiro atoms. The molecular formula is C27H24N2OS. The van der Waals surface area contributed by atoms with Crippen molar-refractivity contribution in [2.45, 2.75) is 24.5 Å². The van der Waals surface area contributed by atoms with Gasteiger partial charge in [-0.3, -0.25) is 0 Å². The first-order chi connectivity index (χ1) is 15.2. The second kappa shape index (κ2) is 8.58. The van der Waals surface area contributed by atoms with E-state index < -0.39 is 6.10 Å². The summed E-state index contributed by atoms with van der Waals surface area (Å²) in [6.45, 7) is 2.68. The number of nitrogens with zero attached hydrogens (tertiary/aromatic N) is 2. The summed E-state index contributed by atoms with van der Waals surface area (Å²) in [6.07, 6.45) is 1.60. The number of aromatic nitrogens is 2. The fraction of sp³-hybridized carbons (Fsp3) is 0.148. The Labute approximate surface area is 186 Å². The summed E-state index contributed by atoms with van der Waals surface area (Å²) in [5.74, 6) is 0.619. The van der Waals surface area contributed by atoms with E-state index in [1.54, 1.807) is 11.8 Å². The Kier molecular flexibility index (Phi) is 5.49. The fourth-order valence-corrected chi connectivity index (χ4v) is 4.98. The molecule has 0 fully saturated rings. The van der Waals surface area contributed by atoms with E-state index in [0.717, 1.165) is 32.6 Å². The number of benzene rings is 3. The number of aliphatic hydroxyl groups excluding tert-OH is 1. The maximum Gasteiger partial charge on any atom is 0.0812 e. The average molecular weight is 425 g/mol. The topological polar surface area (TPSA) is 38.0 Å². The molecule has 0 aliphatic carbocycles. The van der Waals surface area contributed by atoms with Crippen LogP contribution in [0.1, 0.15) is 5.56 Å². The molecule has 2 aromatic heterocycles. The zero-order chi connectivity index (χ0) is 21.2. The minimum absolute atomic E-state index is 0.449. The molecule has 0 saturated carbocycles. The summed E-state index contributed by atoms with van der Waals surface area (Å²) in [6, 6.07) is 29.2. The number of hydrogen-bond donors (Lipinski definition) is 1. The molecule has 1 unspecified atom stereocenters. The van der Waals surface area contributed by atoms with E-state index in [0.29, 0.717) is 12.3 Å². The molecule has 31 heavy (non-hydrogen) atoms. The number of para-hydroxylation sites is 2. The second-order valence-electron chi connectivity index (χ2n) is 7.88. The fourth-order valence-electron chi connectivity index (χ4n) is 3.98. The first-order valence-electron chi connectivity index (χ1n) is 10.5. The maximum absolute atomic E-state index is 10.8. The normalized spacial score (nSPS) is 12.5. The predicted molar refractivity (Wildman–Crippen MR) is 131 cm³/mol. The van der Waals surface area contributed by atoms with Crippen molar-refractivity contribution in [3.05, 3.63) is 96.7 Å². The standard InChI is InChI=1S/C27H24N2OS/c1-19-7-6-9-21(15-19)25-16-27(23-10-3-4-11-24(23)28-25)31-18-22(30)17-29-14-13-20-8-2-5-12-26(20)29/h2-16,22,30H,17-18H2,1H3. The number of thioether (sulfide) groups is 1. The van der Waals surface area contributed by atoms with Crippen LogP contribution in [0.5, 0.6) is 0 Å². The van der Waals surface area contributed by atoms with Crippen molar-refractivity contribution in [2.75, 3.05) is 5.75 Å². The first kappa shape index (κ1) is 19.9. The van der Waals surface area contributed by atoms with Crippen LogP contribution in [-0.2, 0) is 6.54 Å². The zero-order valence-electron chi connectivity index (χ0n) is 17.4. The highest BCUT2D eigenvalue weighted by Crippen LogP contribution is 2.32. The van der Waals surface area contributed by atoms with Crippen molar-refractivity contribution in [2.24, 2.45) is 0 Å². The second-order valence-corrected chi connectivity index (χ2v) is 8.95. The summed E-state index contributed by atoms with van der Waals surface area (Å²) < 4.78 is 2.13. The van der Waals surface area contributed by atoms with Crippen molar-refractivity contribution < 1.29 is 5.11 Å². The molecule has 0 saturated heterocycles. The highest BCUT2D eigenvalue weighted by molar-refractivity contribution is 7.99. The smallest absolute Gasteiger partial charge is 0.0812 e. The predicted octanol–water partition coefficient (Wildman–Crippen LogP) is 6.32. The van der Waals surface area contributed by atoms with Crippen LogP contribution in [0.15, 0.2) is 96.0 Å². The Morgan fingerprint density at radius 1 is 0.935 bits per heavy atom. The van der Waals surface area contributed by atoms with Crippen LogP contribution in [0.4, 0.5) is 0 Å². The van der Waals surface area contributed by atoms with Gasteiger partial charge >= 0.3 is 0 Å². The Morgan fingerprint density at radius 2 is 1.77 bits per heavy atom. The zero-order valence-corrected chi connectivity index (χ0v) is 18.2. The van der Waals surface area contributed by atoms with E-state index in [1.807, 2.05) is 24.3 Å². The van der Waals surface area contributed by atoms with E-state index in [2.05, 4.69) is 78.4 Å². The monoisotopic (exact) mass is 424 g/mol. The number of aliphatic hydroxyl groups is 1. The molecule has 5 rings (SSSR count). The third kappa shape index (κ3) is 4.22. The molecule has 1 atom stereocenters. The summed E-state index contributed by atoms with van der Waals surface area (Å²) in [4.78, 5) is 6.04. The lowest BCUT2D eigenvalue weighted by Crippen LogP contribution is -2.17. The van der Waals surface area contributed by atoms with Crippen LogP contribution in [0.2, 0.25) is 0 Å². The molecular weight excluding hydrogens is 400 g/mol. The molecule has 0 radical (unpaired) electrons. The molecule has 3 aromatic carbocycles. The van der Waals surface area contributed by atoms with Crippen LogP contribution in [-0.4, -0.2) is 26.5 Å². The van der Waals surface area contributed by atoms with E-state index in [9.17, 15) is 5.11 Å². The van der Waals surface area contributed by atoms with E-state index in [-0.39, 0.29) is 0 Å². The van der Waals surface area contributed by atoms with Gasteiger partial charge in [-0.1, -0.05) is 60.2 Å². The molecule has 0 aliphatic rings. The lowest BCUT2D eigenvalue weighted by Gasteiger charge is -2.14. The molecule has 0 aliphatic heterocycles. The Bertz CT molecular complexity index is 1360. The number of pyridine rings is 1. The Morgan fingerprint density at radius 3 is 2.68 bits per heavy atom. The van der Waals surface area contributed by atoms with Gasteiger partial charge in [-0.2, -0.15) is 0 Å². The van der Waals surface area contributed by atoms with Gasteiger partial charge < -0.3 is 9.67 Å². The van der Waals surface area contributed by atoms with Crippen molar-refractivity contribution in [1.82, 2.24) is 9.55 Å². The number of rotatable bonds is 6. The van der Waals surface area contributed by atoms with Crippen LogP contribution < -0.4 is 0 Å². The summed E-state index contributed by atoms with van der Waals surface area (Å²) in [5.41, 5.74) is 5.44. The summed E-state index contributed by atoms with van der Waals surface area (Å²) in [7, 11) is 0. The van der Waals surface area contributed by atoms with Crippen molar-refractivity contribution in [1.29, 1.82) is 0 Å². The molecule has 0 amide bonds. The third-order valence-corrected chi connectivity index (χ3v) is 6.71. The summed E-state index contributed by atoms with van der Waals surface area (Å²) in [5, 5.41) is 13.1. The number of hydrogen-bond acceptors (Lipinski definition) is 3. The number of aryl methyl sites for hydroxylation is 1. The van der Waals surface area contributed by atoms with Crippen LogP contribution >= 0.6 is 11.8 Å². The molecule has 4 heteroatoms. The molecule has 0 bridgehead atoms. The SMILES string of the molecule is Cc1cccc(-c2cc(SCC(O)Cn3ccc4ccccc43)c3ccccc3n2)c1. The van der Waals surface area contributed by atoms with E-state index >= 15 is 0 Å². The van der Waals surface area contributed by atoms with Gasteiger partial charge in [-0.05, 0) is 42.6 Å². The van der Waals surface area contributed by atoms with Gasteiger partial charge in [0.05, 0.1) is 17.3 Å². The van der Waals surface area contributed by atoms with Gasteiger partial charge in [0, 0.05) is 39.9 Å². The first-order valence-corrected chi connectivity index (χ1v) is 11.5. The summed E-state index contributed by atoms with van der Waals surface area (Å²) >= 11 is 1.69. The van der Waals surface area contributed by atoms with Gasteiger partial charge in [0.1, 0.15) is 0 Å². The van der Waals surface area contributed by atoms with Gasteiger partial charge in [-0.25, -0.2) is 4.98 Å². The minimum Gasteiger partial charge on any atom is -0.390 e. The van der Waals surface area contributed by atoms with Gasteiger partial charge in [0.2, 0.25) is 0 Å². The third-order valence-electron chi connectivity index (χ3n) is 5.51. The highest BCUT2D eigenvalue weighted by atomic mass is 32.2. The molecule has 3 nitrogen and oxygen atoms in total.